The zero-order chi connectivity index (χ0) is 14.5. The zero-order valence-corrected chi connectivity index (χ0v) is 11.1. The highest BCUT2D eigenvalue weighted by molar-refractivity contribution is 5.99. The molecule has 1 unspecified atom stereocenters. The van der Waals surface area contributed by atoms with Crippen LogP contribution in [0.25, 0.3) is 0 Å². The van der Waals surface area contributed by atoms with Crippen LogP contribution in [0.5, 0.6) is 0 Å². The molecule has 1 aliphatic heterocycles. The maximum absolute atomic E-state index is 11.5. The van der Waals surface area contributed by atoms with Crippen LogP contribution in [0.1, 0.15) is 29.6 Å². The molecule has 108 valence electrons. The Morgan fingerprint density at radius 3 is 2.90 bits per heavy atom. The molecule has 1 atom stereocenters. The summed E-state index contributed by atoms with van der Waals surface area (Å²) < 4.78 is 0. The van der Waals surface area contributed by atoms with Crippen molar-refractivity contribution in [2.75, 3.05) is 18.4 Å². The molecule has 1 aromatic carbocycles. The van der Waals surface area contributed by atoms with E-state index in [2.05, 4.69) is 10.6 Å². The van der Waals surface area contributed by atoms with E-state index in [9.17, 15) is 14.9 Å². The largest absolute Gasteiger partial charge is 0.382 e. The summed E-state index contributed by atoms with van der Waals surface area (Å²) in [6, 6.07) is 4.39. The number of rotatable bonds is 4. The lowest BCUT2D eigenvalue weighted by Gasteiger charge is -2.19. The van der Waals surface area contributed by atoms with Crippen molar-refractivity contribution in [3.8, 4) is 0 Å². The minimum atomic E-state index is -0.664. The van der Waals surface area contributed by atoms with E-state index < -0.39 is 10.8 Å². The zero-order valence-electron chi connectivity index (χ0n) is 11.1. The summed E-state index contributed by atoms with van der Waals surface area (Å²) in [5, 5.41) is 17.3. The highest BCUT2D eigenvalue weighted by Gasteiger charge is 2.18. The first-order chi connectivity index (χ1) is 9.58. The quantitative estimate of drug-likeness (QED) is 0.567. The standard InChI is InChI=1S/C13H18N4O3/c14-13(18)11-8-10(17(19)20)3-4-12(11)16-9-2-1-6-15-7-5-9/h3-4,8-9,15-16H,1-2,5-7H2,(H2,14,18). The molecule has 0 bridgehead atoms. The number of nitro groups is 1. The van der Waals surface area contributed by atoms with Crippen LogP contribution in [0.2, 0.25) is 0 Å². The second kappa shape index (κ2) is 6.33. The van der Waals surface area contributed by atoms with Gasteiger partial charge in [0.25, 0.3) is 11.6 Å². The number of benzene rings is 1. The number of hydrogen-bond acceptors (Lipinski definition) is 5. The van der Waals surface area contributed by atoms with E-state index in [1.165, 1.54) is 12.1 Å². The Balaban J connectivity index is 2.21. The number of hydrogen-bond donors (Lipinski definition) is 3. The SMILES string of the molecule is NC(=O)c1cc([N+](=O)[O-])ccc1NC1CCCNCC1. The molecule has 20 heavy (non-hydrogen) atoms. The number of non-ortho nitro benzene ring substituents is 1. The van der Waals surface area contributed by atoms with E-state index in [-0.39, 0.29) is 17.3 Å². The Morgan fingerprint density at radius 2 is 2.20 bits per heavy atom. The number of nitrogens with two attached hydrogens (primary N) is 1. The lowest BCUT2D eigenvalue weighted by atomic mass is 10.1. The Bertz CT molecular complexity index is 510. The molecule has 7 heteroatoms. The summed E-state index contributed by atoms with van der Waals surface area (Å²) in [6.45, 7) is 1.90. The third kappa shape index (κ3) is 3.45. The second-order valence-corrected chi connectivity index (χ2v) is 4.87. The summed E-state index contributed by atoms with van der Waals surface area (Å²) in [5.74, 6) is -0.664. The van der Waals surface area contributed by atoms with Crippen LogP contribution in [0.15, 0.2) is 18.2 Å². The van der Waals surface area contributed by atoms with Gasteiger partial charge in [-0.1, -0.05) is 0 Å². The molecule has 1 aliphatic rings. The van der Waals surface area contributed by atoms with E-state index in [0.29, 0.717) is 5.69 Å². The molecule has 0 aromatic heterocycles. The lowest BCUT2D eigenvalue weighted by molar-refractivity contribution is -0.384. The highest BCUT2D eigenvalue weighted by Crippen LogP contribution is 2.24. The van der Waals surface area contributed by atoms with Gasteiger partial charge in [-0.2, -0.15) is 0 Å². The molecule has 1 aromatic rings. The van der Waals surface area contributed by atoms with Gasteiger partial charge in [0.1, 0.15) is 0 Å². The van der Waals surface area contributed by atoms with E-state index in [1.54, 1.807) is 6.07 Å². The molecule has 1 fully saturated rings. The Kier molecular flexibility index (Phi) is 4.52. The number of anilines is 1. The van der Waals surface area contributed by atoms with Crippen LogP contribution in [0, 0.1) is 10.1 Å². The third-order valence-electron chi connectivity index (χ3n) is 3.41. The van der Waals surface area contributed by atoms with E-state index in [1.807, 2.05) is 0 Å². The number of nitro benzene ring substituents is 1. The number of carbonyl (C=O) groups is 1. The van der Waals surface area contributed by atoms with Crippen LogP contribution >= 0.6 is 0 Å². The summed E-state index contributed by atoms with van der Waals surface area (Å²) in [4.78, 5) is 21.7. The van der Waals surface area contributed by atoms with Crippen molar-refractivity contribution in [2.45, 2.75) is 25.3 Å². The van der Waals surface area contributed by atoms with Gasteiger partial charge in [0.15, 0.2) is 0 Å². The fourth-order valence-electron chi connectivity index (χ4n) is 2.36. The van der Waals surface area contributed by atoms with Crippen molar-refractivity contribution < 1.29 is 9.72 Å². The smallest absolute Gasteiger partial charge is 0.270 e. The summed E-state index contributed by atoms with van der Waals surface area (Å²) in [6.07, 6.45) is 2.98. The molecular formula is C13H18N4O3. The molecule has 0 radical (unpaired) electrons. The fourth-order valence-corrected chi connectivity index (χ4v) is 2.36. The fraction of sp³-hybridized carbons (Fsp3) is 0.462. The summed E-state index contributed by atoms with van der Waals surface area (Å²) >= 11 is 0. The molecule has 0 saturated carbocycles. The molecule has 4 N–H and O–H groups in total. The first-order valence-corrected chi connectivity index (χ1v) is 6.63. The minimum absolute atomic E-state index is 0.133. The van der Waals surface area contributed by atoms with Crippen molar-refractivity contribution in [1.29, 1.82) is 0 Å². The van der Waals surface area contributed by atoms with Crippen LogP contribution in [0.3, 0.4) is 0 Å². The monoisotopic (exact) mass is 278 g/mol. The Hall–Kier alpha value is -2.15. The first kappa shape index (κ1) is 14.3. The lowest BCUT2D eigenvalue weighted by Crippen LogP contribution is -2.24. The maximum atomic E-state index is 11.5. The van der Waals surface area contributed by atoms with Crippen molar-refractivity contribution in [2.24, 2.45) is 5.73 Å². The van der Waals surface area contributed by atoms with Gasteiger partial charge in [-0.15, -0.1) is 0 Å². The van der Waals surface area contributed by atoms with E-state index in [4.69, 9.17) is 5.73 Å². The third-order valence-corrected chi connectivity index (χ3v) is 3.41. The molecular weight excluding hydrogens is 260 g/mol. The van der Waals surface area contributed by atoms with Gasteiger partial charge in [0.05, 0.1) is 10.5 Å². The van der Waals surface area contributed by atoms with Crippen LogP contribution < -0.4 is 16.4 Å². The molecule has 0 aliphatic carbocycles. The van der Waals surface area contributed by atoms with Gasteiger partial charge in [0, 0.05) is 23.9 Å². The first-order valence-electron chi connectivity index (χ1n) is 6.63. The molecule has 1 heterocycles. The average Bonchev–Trinajstić information content (AvgIpc) is 2.67. The topological polar surface area (TPSA) is 110 Å². The van der Waals surface area contributed by atoms with Gasteiger partial charge in [-0.05, 0) is 38.4 Å². The predicted molar refractivity (Wildman–Crippen MR) is 75.7 cm³/mol. The number of nitrogens with zero attached hydrogens (tertiary/aromatic N) is 1. The van der Waals surface area contributed by atoms with Crippen LogP contribution in [-0.4, -0.2) is 30.0 Å². The van der Waals surface area contributed by atoms with Crippen LogP contribution in [-0.2, 0) is 0 Å². The van der Waals surface area contributed by atoms with Gasteiger partial charge in [-0.25, -0.2) is 0 Å². The van der Waals surface area contributed by atoms with Gasteiger partial charge >= 0.3 is 0 Å². The Morgan fingerprint density at radius 1 is 1.40 bits per heavy atom. The average molecular weight is 278 g/mol. The summed E-state index contributed by atoms with van der Waals surface area (Å²) in [7, 11) is 0. The number of primary amides is 1. The minimum Gasteiger partial charge on any atom is -0.382 e. The second-order valence-electron chi connectivity index (χ2n) is 4.87. The van der Waals surface area contributed by atoms with Gasteiger partial charge in [-0.3, -0.25) is 14.9 Å². The van der Waals surface area contributed by atoms with Gasteiger partial charge < -0.3 is 16.4 Å². The number of carbonyl (C=O) groups excluding carboxylic acids is 1. The number of amides is 1. The van der Waals surface area contributed by atoms with Crippen LogP contribution in [0.4, 0.5) is 11.4 Å². The maximum Gasteiger partial charge on any atom is 0.270 e. The van der Waals surface area contributed by atoms with E-state index in [0.717, 1.165) is 32.4 Å². The molecule has 7 nitrogen and oxygen atoms in total. The van der Waals surface area contributed by atoms with Crippen molar-refractivity contribution in [3.63, 3.8) is 0 Å². The molecule has 1 amide bonds. The molecule has 2 rings (SSSR count). The molecule has 0 spiro atoms. The van der Waals surface area contributed by atoms with Crippen molar-refractivity contribution in [3.05, 3.63) is 33.9 Å². The molecule has 1 saturated heterocycles. The van der Waals surface area contributed by atoms with Crippen molar-refractivity contribution >= 4 is 17.3 Å². The number of nitrogens with one attached hydrogen (secondary N) is 2. The summed E-state index contributed by atoms with van der Waals surface area (Å²) in [5.41, 5.74) is 5.90. The predicted octanol–water partition coefficient (Wildman–Crippen LogP) is 1.25. The van der Waals surface area contributed by atoms with Gasteiger partial charge in [0.2, 0.25) is 0 Å². The normalized spacial score (nSPS) is 19.1. The Labute approximate surface area is 116 Å². The highest BCUT2D eigenvalue weighted by atomic mass is 16.6. The van der Waals surface area contributed by atoms with E-state index >= 15 is 0 Å². The van der Waals surface area contributed by atoms with Crippen molar-refractivity contribution in [1.82, 2.24) is 5.32 Å².